The van der Waals surface area contributed by atoms with Crippen LogP contribution in [0.3, 0.4) is 0 Å². The summed E-state index contributed by atoms with van der Waals surface area (Å²) in [6, 6.07) is 5.01. The van der Waals surface area contributed by atoms with Gasteiger partial charge in [0.1, 0.15) is 11.5 Å². The zero-order valence-corrected chi connectivity index (χ0v) is 14.2. The number of nitrogens with zero attached hydrogens (tertiary/aromatic N) is 1. The molecule has 1 aliphatic rings. The first-order valence-corrected chi connectivity index (χ1v) is 8.54. The summed E-state index contributed by atoms with van der Waals surface area (Å²) in [7, 11) is 0. The Morgan fingerprint density at radius 2 is 1.81 bits per heavy atom. The van der Waals surface area contributed by atoms with Gasteiger partial charge < -0.3 is 9.73 Å². The van der Waals surface area contributed by atoms with Gasteiger partial charge in [-0.2, -0.15) is 0 Å². The Labute approximate surface area is 130 Å². The Morgan fingerprint density at radius 1 is 1.14 bits per heavy atom. The molecule has 3 heteroatoms. The first kappa shape index (κ1) is 16.6. The molecule has 1 aromatic rings. The monoisotopic (exact) mass is 292 g/mol. The molecule has 3 nitrogen and oxygen atoms in total. The van der Waals surface area contributed by atoms with E-state index in [0.29, 0.717) is 0 Å². The smallest absolute Gasteiger partial charge is 0.118 e. The second kappa shape index (κ2) is 7.46. The van der Waals surface area contributed by atoms with E-state index in [2.05, 4.69) is 50.0 Å². The second-order valence-electron chi connectivity index (χ2n) is 7.33. The third-order valence-corrected chi connectivity index (χ3v) is 4.37. The fourth-order valence-electron chi connectivity index (χ4n) is 3.10. The Hall–Kier alpha value is -0.800. The van der Waals surface area contributed by atoms with Crippen molar-refractivity contribution in [2.24, 2.45) is 0 Å². The van der Waals surface area contributed by atoms with E-state index in [9.17, 15) is 0 Å². The molecule has 0 aromatic carbocycles. The number of nitrogens with one attached hydrogen (secondary N) is 1. The first-order valence-electron chi connectivity index (χ1n) is 8.54. The fraction of sp³-hybridized carbons (Fsp3) is 0.778. The molecular weight excluding hydrogens is 260 g/mol. The summed E-state index contributed by atoms with van der Waals surface area (Å²) < 4.78 is 6.00. The largest absolute Gasteiger partial charge is 0.463 e. The zero-order chi connectivity index (χ0) is 15.3. The molecule has 1 aromatic heterocycles. The average molecular weight is 292 g/mol. The molecule has 1 saturated carbocycles. The molecule has 21 heavy (non-hydrogen) atoms. The lowest BCUT2D eigenvalue weighted by Gasteiger charge is -2.32. The van der Waals surface area contributed by atoms with Crippen molar-refractivity contribution in [3.05, 3.63) is 23.7 Å². The highest BCUT2D eigenvalue weighted by Gasteiger charge is 2.21. The molecule has 0 aliphatic heterocycles. The number of hydrogen-bond donors (Lipinski definition) is 1. The van der Waals surface area contributed by atoms with Gasteiger partial charge in [-0.05, 0) is 52.3 Å². The normalized spacial score (nSPS) is 17.6. The molecular formula is C18H32N2O. The van der Waals surface area contributed by atoms with Crippen LogP contribution in [0.25, 0.3) is 0 Å². The molecule has 0 unspecified atom stereocenters. The van der Waals surface area contributed by atoms with Crippen LogP contribution >= 0.6 is 0 Å². The van der Waals surface area contributed by atoms with Crippen LogP contribution in [0.4, 0.5) is 0 Å². The lowest BCUT2D eigenvalue weighted by molar-refractivity contribution is 0.144. The number of furan rings is 1. The van der Waals surface area contributed by atoms with Gasteiger partial charge in [-0.15, -0.1) is 0 Å². The summed E-state index contributed by atoms with van der Waals surface area (Å²) in [6.45, 7) is 11.7. The van der Waals surface area contributed by atoms with Crippen LogP contribution in [0.15, 0.2) is 16.5 Å². The fourth-order valence-corrected chi connectivity index (χ4v) is 3.10. The number of rotatable bonds is 6. The van der Waals surface area contributed by atoms with Crippen LogP contribution in [-0.2, 0) is 13.1 Å². The zero-order valence-electron chi connectivity index (χ0n) is 14.2. The average Bonchev–Trinajstić information content (AvgIpc) is 2.90. The van der Waals surface area contributed by atoms with Gasteiger partial charge in [-0.25, -0.2) is 0 Å². The van der Waals surface area contributed by atoms with E-state index in [1.807, 2.05) is 0 Å². The van der Waals surface area contributed by atoms with E-state index in [0.717, 1.165) is 37.2 Å². The van der Waals surface area contributed by atoms with Crippen molar-refractivity contribution in [2.75, 3.05) is 6.54 Å². The van der Waals surface area contributed by atoms with Gasteiger partial charge in [0.05, 0.1) is 13.1 Å². The van der Waals surface area contributed by atoms with E-state index in [1.54, 1.807) is 0 Å². The van der Waals surface area contributed by atoms with Gasteiger partial charge in [0.25, 0.3) is 0 Å². The molecule has 0 bridgehead atoms. The minimum Gasteiger partial charge on any atom is -0.463 e. The van der Waals surface area contributed by atoms with Crippen molar-refractivity contribution < 1.29 is 4.42 Å². The lowest BCUT2D eigenvalue weighted by atomic mass is 9.94. The highest BCUT2D eigenvalue weighted by molar-refractivity contribution is 5.07. The third-order valence-electron chi connectivity index (χ3n) is 4.37. The summed E-state index contributed by atoms with van der Waals surface area (Å²) in [5.74, 6) is 2.15. The molecule has 0 saturated heterocycles. The predicted octanol–water partition coefficient (Wildman–Crippen LogP) is 4.32. The minimum absolute atomic E-state index is 0.129. The Balaban J connectivity index is 1.87. The highest BCUT2D eigenvalue weighted by Crippen LogP contribution is 2.24. The van der Waals surface area contributed by atoms with Crippen LogP contribution < -0.4 is 5.32 Å². The van der Waals surface area contributed by atoms with Gasteiger partial charge in [-0.1, -0.05) is 26.2 Å². The quantitative estimate of drug-likeness (QED) is 0.846. The summed E-state index contributed by atoms with van der Waals surface area (Å²) in [4.78, 5) is 2.58. The molecule has 1 aliphatic carbocycles. The maximum atomic E-state index is 6.00. The minimum atomic E-state index is 0.129. The maximum Gasteiger partial charge on any atom is 0.118 e. The van der Waals surface area contributed by atoms with Crippen LogP contribution in [0.5, 0.6) is 0 Å². The molecule has 0 atom stereocenters. The molecule has 1 N–H and O–H groups in total. The molecule has 1 heterocycles. The number of hydrogen-bond acceptors (Lipinski definition) is 3. The van der Waals surface area contributed by atoms with E-state index < -0.39 is 0 Å². The van der Waals surface area contributed by atoms with E-state index in [1.165, 1.54) is 32.1 Å². The van der Waals surface area contributed by atoms with E-state index in [-0.39, 0.29) is 5.54 Å². The van der Waals surface area contributed by atoms with Gasteiger partial charge in [0.15, 0.2) is 0 Å². The molecule has 120 valence electrons. The van der Waals surface area contributed by atoms with Crippen LogP contribution in [0, 0.1) is 0 Å². The van der Waals surface area contributed by atoms with Crippen molar-refractivity contribution in [1.82, 2.24) is 10.2 Å². The van der Waals surface area contributed by atoms with Crippen molar-refractivity contribution in [2.45, 2.75) is 84.5 Å². The summed E-state index contributed by atoms with van der Waals surface area (Å²) in [5.41, 5.74) is 0.129. The van der Waals surface area contributed by atoms with Crippen LogP contribution in [0.2, 0.25) is 0 Å². The Bertz CT molecular complexity index is 413. The van der Waals surface area contributed by atoms with E-state index >= 15 is 0 Å². The van der Waals surface area contributed by atoms with Crippen molar-refractivity contribution in [3.8, 4) is 0 Å². The third kappa shape index (κ3) is 5.48. The summed E-state index contributed by atoms with van der Waals surface area (Å²) in [5, 5.41) is 3.47. The molecule has 2 rings (SSSR count). The topological polar surface area (TPSA) is 28.4 Å². The standard InChI is InChI=1S/C18H32N2O/c1-5-20(15-9-7-6-8-10-15)14-17-12-11-16(21-17)13-19-18(2,3)4/h11-12,15,19H,5-10,13-14H2,1-4H3. The lowest BCUT2D eigenvalue weighted by Crippen LogP contribution is -2.36. The predicted molar refractivity (Wildman–Crippen MR) is 88.3 cm³/mol. The van der Waals surface area contributed by atoms with Crippen molar-refractivity contribution in [3.63, 3.8) is 0 Å². The van der Waals surface area contributed by atoms with Gasteiger partial charge in [0.2, 0.25) is 0 Å². The summed E-state index contributed by atoms with van der Waals surface area (Å²) in [6.07, 6.45) is 6.90. The summed E-state index contributed by atoms with van der Waals surface area (Å²) >= 11 is 0. The molecule has 0 spiro atoms. The van der Waals surface area contributed by atoms with E-state index in [4.69, 9.17) is 4.42 Å². The SMILES string of the molecule is CCN(Cc1ccc(CNC(C)(C)C)o1)C1CCCCC1. The van der Waals surface area contributed by atoms with Crippen LogP contribution in [-0.4, -0.2) is 23.0 Å². The van der Waals surface area contributed by atoms with Crippen molar-refractivity contribution >= 4 is 0 Å². The van der Waals surface area contributed by atoms with Gasteiger partial charge >= 0.3 is 0 Å². The Morgan fingerprint density at radius 3 is 2.43 bits per heavy atom. The molecule has 1 fully saturated rings. The maximum absolute atomic E-state index is 6.00. The molecule has 0 amide bonds. The van der Waals surface area contributed by atoms with Crippen LogP contribution in [0.1, 0.15) is 71.3 Å². The van der Waals surface area contributed by atoms with Gasteiger partial charge in [-0.3, -0.25) is 4.90 Å². The second-order valence-corrected chi connectivity index (χ2v) is 7.33. The van der Waals surface area contributed by atoms with Gasteiger partial charge in [0, 0.05) is 11.6 Å². The first-order chi connectivity index (χ1) is 9.98. The van der Waals surface area contributed by atoms with Crippen molar-refractivity contribution in [1.29, 1.82) is 0 Å². The molecule has 0 radical (unpaired) electrons. The highest BCUT2D eigenvalue weighted by atomic mass is 16.3. The Kier molecular flexibility index (Phi) is 5.88.